The van der Waals surface area contributed by atoms with Gasteiger partial charge in [-0.1, -0.05) is 5.16 Å². The number of hydrogen-bond acceptors (Lipinski definition) is 4. The smallest absolute Gasteiger partial charge is 0.223 e. The third kappa shape index (κ3) is 3.46. The van der Waals surface area contributed by atoms with Gasteiger partial charge in [0.15, 0.2) is 0 Å². The van der Waals surface area contributed by atoms with Crippen LogP contribution < -0.4 is 0 Å². The van der Waals surface area contributed by atoms with Crippen LogP contribution in [0, 0.1) is 20.8 Å². The van der Waals surface area contributed by atoms with E-state index in [0.717, 1.165) is 48.5 Å². The molecule has 0 unspecified atom stereocenters. The Bertz CT molecular complexity index is 669. The molecule has 23 heavy (non-hydrogen) atoms. The molecule has 1 saturated heterocycles. The Morgan fingerprint density at radius 3 is 2.87 bits per heavy atom. The summed E-state index contributed by atoms with van der Waals surface area (Å²) in [5.74, 6) is 1.04. The van der Waals surface area contributed by atoms with E-state index in [1.54, 1.807) is 0 Å². The van der Waals surface area contributed by atoms with Crippen molar-refractivity contribution in [1.82, 2.24) is 19.8 Å². The van der Waals surface area contributed by atoms with Gasteiger partial charge in [-0.25, -0.2) is 0 Å². The lowest BCUT2D eigenvalue weighted by atomic mass is 10.1. The number of aryl methyl sites for hydroxylation is 3. The Balaban J connectivity index is 1.59. The van der Waals surface area contributed by atoms with Crippen LogP contribution in [0.4, 0.5) is 0 Å². The summed E-state index contributed by atoms with van der Waals surface area (Å²) in [6.45, 7) is 7.49. The van der Waals surface area contributed by atoms with Crippen LogP contribution in [0.2, 0.25) is 0 Å². The Morgan fingerprint density at radius 1 is 1.39 bits per heavy atom. The van der Waals surface area contributed by atoms with Crippen molar-refractivity contribution < 1.29 is 9.32 Å². The van der Waals surface area contributed by atoms with Gasteiger partial charge in [0.1, 0.15) is 5.76 Å². The van der Waals surface area contributed by atoms with E-state index < -0.39 is 0 Å². The standard InChI is InChI=1S/C17H24N4O2/c1-12-9-18-20(10-12)11-15-5-4-8-21(15)17(22)7-6-16-13(2)19-23-14(16)3/h9-10,15H,4-8,11H2,1-3H3/t15-/m1/s1. The summed E-state index contributed by atoms with van der Waals surface area (Å²) < 4.78 is 7.11. The molecule has 0 saturated carbocycles. The highest BCUT2D eigenvalue weighted by Gasteiger charge is 2.29. The predicted octanol–water partition coefficient (Wildman–Crippen LogP) is 2.42. The minimum atomic E-state index is 0.219. The minimum Gasteiger partial charge on any atom is -0.361 e. The molecule has 0 spiro atoms. The van der Waals surface area contributed by atoms with E-state index in [1.807, 2.05) is 42.7 Å². The fraction of sp³-hybridized carbons (Fsp3) is 0.588. The number of rotatable bonds is 5. The average Bonchev–Trinajstić information content (AvgIpc) is 3.21. The third-order valence-corrected chi connectivity index (χ3v) is 4.63. The van der Waals surface area contributed by atoms with Gasteiger partial charge in [0.2, 0.25) is 5.91 Å². The molecular weight excluding hydrogens is 292 g/mol. The molecule has 1 atom stereocenters. The number of amides is 1. The van der Waals surface area contributed by atoms with Crippen molar-refractivity contribution in [3.05, 3.63) is 35.0 Å². The first-order valence-electron chi connectivity index (χ1n) is 8.25. The van der Waals surface area contributed by atoms with Gasteiger partial charge in [-0.3, -0.25) is 9.48 Å². The van der Waals surface area contributed by atoms with Gasteiger partial charge in [-0.2, -0.15) is 5.10 Å². The monoisotopic (exact) mass is 316 g/mol. The van der Waals surface area contributed by atoms with Gasteiger partial charge in [0.05, 0.1) is 24.5 Å². The lowest BCUT2D eigenvalue weighted by molar-refractivity contribution is -0.132. The van der Waals surface area contributed by atoms with Crippen molar-refractivity contribution in [2.75, 3.05) is 6.54 Å². The Labute approximate surface area is 136 Å². The van der Waals surface area contributed by atoms with Crippen LogP contribution in [0.3, 0.4) is 0 Å². The first-order valence-corrected chi connectivity index (χ1v) is 8.25. The van der Waals surface area contributed by atoms with E-state index in [9.17, 15) is 4.79 Å². The van der Waals surface area contributed by atoms with E-state index in [2.05, 4.69) is 10.3 Å². The van der Waals surface area contributed by atoms with E-state index in [4.69, 9.17) is 4.52 Å². The van der Waals surface area contributed by atoms with Gasteiger partial charge in [-0.05, 0) is 45.6 Å². The normalized spacial score (nSPS) is 17.9. The van der Waals surface area contributed by atoms with E-state index in [0.29, 0.717) is 12.8 Å². The van der Waals surface area contributed by atoms with Crippen LogP contribution in [0.1, 0.15) is 41.8 Å². The van der Waals surface area contributed by atoms with Crippen molar-refractivity contribution in [3.63, 3.8) is 0 Å². The quantitative estimate of drug-likeness (QED) is 0.850. The molecule has 0 radical (unpaired) electrons. The molecule has 0 aromatic carbocycles. The minimum absolute atomic E-state index is 0.219. The maximum absolute atomic E-state index is 12.6. The van der Waals surface area contributed by atoms with Gasteiger partial charge in [0, 0.05) is 24.7 Å². The molecule has 1 aliphatic rings. The van der Waals surface area contributed by atoms with Crippen molar-refractivity contribution in [3.8, 4) is 0 Å². The lowest BCUT2D eigenvalue weighted by Gasteiger charge is -2.24. The Morgan fingerprint density at radius 2 is 2.22 bits per heavy atom. The first kappa shape index (κ1) is 15.8. The molecule has 1 fully saturated rings. The van der Waals surface area contributed by atoms with E-state index >= 15 is 0 Å². The molecule has 2 aromatic rings. The summed E-state index contributed by atoms with van der Waals surface area (Å²) in [7, 11) is 0. The zero-order valence-electron chi connectivity index (χ0n) is 14.1. The predicted molar refractivity (Wildman–Crippen MR) is 86.0 cm³/mol. The maximum atomic E-state index is 12.6. The number of aromatic nitrogens is 3. The summed E-state index contributed by atoms with van der Waals surface area (Å²) in [4.78, 5) is 14.6. The van der Waals surface area contributed by atoms with Crippen LogP contribution in [-0.4, -0.2) is 38.3 Å². The SMILES string of the molecule is Cc1cnn(C[C@H]2CCCN2C(=O)CCc2c(C)noc2C)c1. The van der Waals surface area contributed by atoms with Gasteiger partial charge in [0.25, 0.3) is 0 Å². The molecular formula is C17H24N4O2. The van der Waals surface area contributed by atoms with Crippen LogP contribution >= 0.6 is 0 Å². The molecule has 0 N–H and O–H groups in total. The fourth-order valence-corrected chi connectivity index (χ4v) is 3.37. The van der Waals surface area contributed by atoms with Crippen LogP contribution in [0.5, 0.6) is 0 Å². The Kier molecular flexibility index (Phi) is 4.50. The second kappa shape index (κ2) is 6.56. The fourth-order valence-electron chi connectivity index (χ4n) is 3.37. The average molecular weight is 316 g/mol. The van der Waals surface area contributed by atoms with E-state index in [1.165, 1.54) is 0 Å². The molecule has 1 aliphatic heterocycles. The highest BCUT2D eigenvalue weighted by molar-refractivity contribution is 5.77. The van der Waals surface area contributed by atoms with Crippen molar-refractivity contribution >= 4 is 5.91 Å². The topological polar surface area (TPSA) is 64.2 Å². The summed E-state index contributed by atoms with van der Waals surface area (Å²) in [6, 6.07) is 0.256. The summed E-state index contributed by atoms with van der Waals surface area (Å²) in [6.07, 6.45) is 7.23. The zero-order valence-corrected chi connectivity index (χ0v) is 14.1. The third-order valence-electron chi connectivity index (χ3n) is 4.63. The molecule has 6 heteroatoms. The summed E-state index contributed by atoms with van der Waals surface area (Å²) >= 11 is 0. The van der Waals surface area contributed by atoms with Crippen LogP contribution in [-0.2, 0) is 17.8 Å². The summed E-state index contributed by atoms with van der Waals surface area (Å²) in [5.41, 5.74) is 3.11. The van der Waals surface area contributed by atoms with Crippen molar-refractivity contribution in [1.29, 1.82) is 0 Å². The lowest BCUT2D eigenvalue weighted by Crippen LogP contribution is -2.38. The number of carbonyl (C=O) groups is 1. The second-order valence-corrected chi connectivity index (χ2v) is 6.43. The van der Waals surface area contributed by atoms with E-state index in [-0.39, 0.29) is 11.9 Å². The zero-order chi connectivity index (χ0) is 16.4. The number of carbonyl (C=O) groups excluding carboxylic acids is 1. The highest BCUT2D eigenvalue weighted by Crippen LogP contribution is 2.21. The summed E-state index contributed by atoms with van der Waals surface area (Å²) in [5, 5.41) is 8.29. The molecule has 3 heterocycles. The number of nitrogens with zero attached hydrogens (tertiary/aromatic N) is 4. The Hall–Kier alpha value is -2.11. The van der Waals surface area contributed by atoms with Crippen LogP contribution in [0.15, 0.2) is 16.9 Å². The highest BCUT2D eigenvalue weighted by atomic mass is 16.5. The molecule has 124 valence electrons. The molecule has 2 aromatic heterocycles. The molecule has 6 nitrogen and oxygen atoms in total. The number of likely N-dealkylation sites (tertiary alicyclic amines) is 1. The molecule has 3 rings (SSSR count). The molecule has 1 amide bonds. The first-order chi connectivity index (χ1) is 11.0. The van der Waals surface area contributed by atoms with Gasteiger partial charge < -0.3 is 9.42 Å². The second-order valence-electron chi connectivity index (χ2n) is 6.43. The molecule has 0 bridgehead atoms. The van der Waals surface area contributed by atoms with Crippen LogP contribution in [0.25, 0.3) is 0 Å². The maximum Gasteiger partial charge on any atom is 0.223 e. The molecule has 0 aliphatic carbocycles. The largest absolute Gasteiger partial charge is 0.361 e. The van der Waals surface area contributed by atoms with Gasteiger partial charge in [-0.15, -0.1) is 0 Å². The van der Waals surface area contributed by atoms with Gasteiger partial charge >= 0.3 is 0 Å². The van der Waals surface area contributed by atoms with Crippen molar-refractivity contribution in [2.24, 2.45) is 0 Å². The van der Waals surface area contributed by atoms with Crippen molar-refractivity contribution in [2.45, 2.75) is 59.0 Å². The number of hydrogen-bond donors (Lipinski definition) is 0.